The van der Waals surface area contributed by atoms with Crippen LogP contribution in [0.1, 0.15) is 13.3 Å². The molecule has 0 aromatic carbocycles. The van der Waals surface area contributed by atoms with Crippen LogP contribution in [0.5, 0.6) is 0 Å². The van der Waals surface area contributed by atoms with Crippen LogP contribution in [0.3, 0.4) is 0 Å². The zero-order valence-corrected chi connectivity index (χ0v) is 6.88. The minimum absolute atomic E-state index is 0.600. The predicted molar refractivity (Wildman–Crippen MR) is 44.7 cm³/mol. The SMILES string of the molecule is C/C=C/C1CC=C(Cl)S1. The van der Waals surface area contributed by atoms with Gasteiger partial charge in [-0.3, -0.25) is 0 Å². The van der Waals surface area contributed by atoms with Gasteiger partial charge in [0, 0.05) is 5.25 Å². The largest absolute Gasteiger partial charge is 0.106 e. The molecule has 0 aromatic rings. The normalized spacial score (nSPS) is 27.3. The van der Waals surface area contributed by atoms with Crippen molar-refractivity contribution in [3.63, 3.8) is 0 Å². The predicted octanol–water partition coefficient (Wildman–Crippen LogP) is 3.15. The Bertz CT molecular complexity index is 149. The molecule has 0 N–H and O–H groups in total. The molecule has 50 valence electrons. The molecule has 0 fully saturated rings. The maximum atomic E-state index is 5.73. The molecule has 1 aliphatic rings. The molecule has 1 heterocycles. The minimum atomic E-state index is 0.600. The number of allylic oxidation sites excluding steroid dienone is 2. The monoisotopic (exact) mass is 160 g/mol. The Morgan fingerprint density at radius 2 is 2.67 bits per heavy atom. The highest BCUT2D eigenvalue weighted by Crippen LogP contribution is 2.35. The molecule has 0 radical (unpaired) electrons. The summed E-state index contributed by atoms with van der Waals surface area (Å²) in [5.74, 6) is 0. The van der Waals surface area contributed by atoms with Gasteiger partial charge in [-0.25, -0.2) is 0 Å². The highest BCUT2D eigenvalue weighted by atomic mass is 35.5. The average molecular weight is 161 g/mol. The fourth-order valence-corrected chi connectivity index (χ4v) is 2.12. The van der Waals surface area contributed by atoms with Crippen molar-refractivity contribution in [1.82, 2.24) is 0 Å². The van der Waals surface area contributed by atoms with Crippen molar-refractivity contribution in [2.45, 2.75) is 18.6 Å². The van der Waals surface area contributed by atoms with Gasteiger partial charge in [-0.15, -0.1) is 11.8 Å². The molecule has 0 nitrogen and oxygen atoms in total. The molecule has 1 unspecified atom stereocenters. The first-order chi connectivity index (χ1) is 4.33. The molecule has 0 amide bonds. The van der Waals surface area contributed by atoms with Crippen LogP contribution in [0.2, 0.25) is 0 Å². The van der Waals surface area contributed by atoms with Gasteiger partial charge >= 0.3 is 0 Å². The fourth-order valence-electron chi connectivity index (χ4n) is 0.782. The Hall–Kier alpha value is 0.120. The molecular formula is C7H9ClS. The summed E-state index contributed by atoms with van der Waals surface area (Å²) >= 11 is 7.46. The van der Waals surface area contributed by atoms with Crippen LogP contribution in [0, 0.1) is 0 Å². The van der Waals surface area contributed by atoms with Crippen LogP contribution in [0.25, 0.3) is 0 Å². The molecule has 0 saturated heterocycles. The van der Waals surface area contributed by atoms with Gasteiger partial charge < -0.3 is 0 Å². The number of halogens is 1. The topological polar surface area (TPSA) is 0 Å². The second-order valence-corrected chi connectivity index (χ2v) is 3.84. The Labute approximate surface area is 65.0 Å². The standard InChI is InChI=1S/C7H9ClS/c1-2-3-6-4-5-7(8)9-6/h2-3,5-6H,4H2,1H3/b3-2+. The Morgan fingerprint density at radius 1 is 1.89 bits per heavy atom. The van der Waals surface area contributed by atoms with Gasteiger partial charge in [-0.05, 0) is 13.3 Å². The van der Waals surface area contributed by atoms with E-state index in [0.29, 0.717) is 5.25 Å². The highest BCUT2D eigenvalue weighted by Gasteiger charge is 2.11. The Kier molecular flexibility index (Phi) is 2.67. The van der Waals surface area contributed by atoms with E-state index in [4.69, 9.17) is 11.6 Å². The molecule has 0 aliphatic carbocycles. The number of hydrogen-bond acceptors (Lipinski definition) is 1. The molecule has 1 aliphatic heterocycles. The van der Waals surface area contributed by atoms with Gasteiger partial charge in [0.1, 0.15) is 0 Å². The third-order valence-corrected chi connectivity index (χ3v) is 2.65. The first kappa shape index (κ1) is 7.23. The third-order valence-electron chi connectivity index (χ3n) is 1.18. The van der Waals surface area contributed by atoms with Crippen LogP contribution < -0.4 is 0 Å². The molecular weight excluding hydrogens is 152 g/mol. The molecule has 0 aromatic heterocycles. The number of hydrogen-bond donors (Lipinski definition) is 0. The second-order valence-electron chi connectivity index (χ2n) is 1.93. The van der Waals surface area contributed by atoms with Crippen molar-refractivity contribution in [3.05, 3.63) is 22.6 Å². The van der Waals surface area contributed by atoms with Crippen LogP contribution in [0.15, 0.2) is 22.6 Å². The third kappa shape index (κ3) is 2.07. The van der Waals surface area contributed by atoms with Crippen molar-refractivity contribution >= 4 is 23.4 Å². The zero-order valence-electron chi connectivity index (χ0n) is 5.30. The van der Waals surface area contributed by atoms with E-state index in [0.717, 1.165) is 10.8 Å². The summed E-state index contributed by atoms with van der Waals surface area (Å²) in [5, 5.41) is 0.600. The Balaban J connectivity index is 2.37. The maximum absolute atomic E-state index is 5.73. The van der Waals surface area contributed by atoms with Crippen LogP contribution in [-0.2, 0) is 0 Å². The lowest BCUT2D eigenvalue weighted by Crippen LogP contribution is -1.87. The van der Waals surface area contributed by atoms with E-state index >= 15 is 0 Å². The molecule has 9 heavy (non-hydrogen) atoms. The first-order valence-electron chi connectivity index (χ1n) is 2.98. The molecule has 1 rings (SSSR count). The van der Waals surface area contributed by atoms with Gasteiger partial charge in [0.25, 0.3) is 0 Å². The van der Waals surface area contributed by atoms with Crippen LogP contribution in [0.4, 0.5) is 0 Å². The number of thioether (sulfide) groups is 1. The van der Waals surface area contributed by atoms with Crippen molar-refractivity contribution in [2.24, 2.45) is 0 Å². The summed E-state index contributed by atoms with van der Waals surface area (Å²) in [6.07, 6.45) is 7.41. The highest BCUT2D eigenvalue weighted by molar-refractivity contribution is 8.05. The van der Waals surface area contributed by atoms with Crippen molar-refractivity contribution < 1.29 is 0 Å². The van der Waals surface area contributed by atoms with E-state index in [9.17, 15) is 0 Å². The van der Waals surface area contributed by atoms with E-state index in [1.165, 1.54) is 0 Å². The van der Waals surface area contributed by atoms with Crippen molar-refractivity contribution in [3.8, 4) is 0 Å². The molecule has 0 bridgehead atoms. The van der Waals surface area contributed by atoms with Gasteiger partial charge in [-0.2, -0.15) is 0 Å². The number of rotatable bonds is 1. The minimum Gasteiger partial charge on any atom is -0.106 e. The maximum Gasteiger partial charge on any atom is 0.0701 e. The zero-order chi connectivity index (χ0) is 6.69. The van der Waals surface area contributed by atoms with E-state index in [1.54, 1.807) is 11.8 Å². The van der Waals surface area contributed by atoms with Gasteiger partial charge in [0.15, 0.2) is 0 Å². The lowest BCUT2D eigenvalue weighted by Gasteiger charge is -1.97. The smallest absolute Gasteiger partial charge is 0.0701 e. The van der Waals surface area contributed by atoms with Gasteiger partial charge in [0.05, 0.1) is 4.36 Å². The quantitative estimate of drug-likeness (QED) is 0.531. The molecule has 0 spiro atoms. The summed E-state index contributed by atoms with van der Waals surface area (Å²) in [5.41, 5.74) is 0. The lowest BCUT2D eigenvalue weighted by atomic mass is 10.3. The molecule has 1 atom stereocenters. The van der Waals surface area contributed by atoms with Gasteiger partial charge in [0.2, 0.25) is 0 Å². The van der Waals surface area contributed by atoms with Crippen LogP contribution in [-0.4, -0.2) is 5.25 Å². The van der Waals surface area contributed by atoms with Gasteiger partial charge in [-0.1, -0.05) is 29.8 Å². The summed E-state index contributed by atoms with van der Waals surface area (Å²) < 4.78 is 0.943. The lowest BCUT2D eigenvalue weighted by molar-refractivity contribution is 1.09. The summed E-state index contributed by atoms with van der Waals surface area (Å²) in [6, 6.07) is 0. The van der Waals surface area contributed by atoms with Crippen molar-refractivity contribution in [2.75, 3.05) is 0 Å². The van der Waals surface area contributed by atoms with Crippen molar-refractivity contribution in [1.29, 1.82) is 0 Å². The van der Waals surface area contributed by atoms with E-state index in [2.05, 4.69) is 18.2 Å². The Morgan fingerprint density at radius 3 is 3.11 bits per heavy atom. The summed E-state index contributed by atoms with van der Waals surface area (Å²) in [7, 11) is 0. The van der Waals surface area contributed by atoms with Crippen LogP contribution >= 0.6 is 23.4 Å². The first-order valence-corrected chi connectivity index (χ1v) is 4.24. The molecule has 0 saturated carbocycles. The summed E-state index contributed by atoms with van der Waals surface area (Å²) in [4.78, 5) is 0. The average Bonchev–Trinajstić information content (AvgIpc) is 2.17. The summed E-state index contributed by atoms with van der Waals surface area (Å²) in [6.45, 7) is 2.03. The second kappa shape index (κ2) is 3.33. The fraction of sp³-hybridized carbons (Fsp3) is 0.429. The van der Waals surface area contributed by atoms with E-state index in [1.807, 2.05) is 6.92 Å². The molecule has 2 heteroatoms. The van der Waals surface area contributed by atoms with E-state index < -0.39 is 0 Å². The van der Waals surface area contributed by atoms with E-state index in [-0.39, 0.29) is 0 Å².